The van der Waals surface area contributed by atoms with Gasteiger partial charge in [0.25, 0.3) is 0 Å². The Morgan fingerprint density at radius 1 is 1.05 bits per heavy atom. The third-order valence-electron chi connectivity index (χ3n) is 2.98. The Labute approximate surface area is 151 Å². The molecule has 0 spiro atoms. The van der Waals surface area contributed by atoms with Gasteiger partial charge in [-0.15, -0.1) is 24.0 Å². The van der Waals surface area contributed by atoms with Gasteiger partial charge in [-0.1, -0.05) is 47.1 Å². The molecule has 0 atom stereocenters. The van der Waals surface area contributed by atoms with E-state index in [4.69, 9.17) is 5.73 Å². The molecule has 3 N–H and O–H groups in total. The van der Waals surface area contributed by atoms with Crippen molar-refractivity contribution in [1.82, 2.24) is 0 Å². The molecule has 2 aromatic carbocycles. The van der Waals surface area contributed by atoms with Gasteiger partial charge in [0.2, 0.25) is 0 Å². The zero-order chi connectivity index (χ0) is 14.4. The maximum absolute atomic E-state index is 5.88. The molecule has 0 aromatic heterocycles. The molecular weight excluding hydrogens is 441 g/mol. The molecule has 0 aliphatic rings. The van der Waals surface area contributed by atoms with E-state index < -0.39 is 0 Å². The van der Waals surface area contributed by atoms with Gasteiger partial charge in [0, 0.05) is 10.2 Å². The van der Waals surface area contributed by atoms with Crippen molar-refractivity contribution in [1.29, 1.82) is 0 Å². The normalized spacial score (nSPS) is 10.9. The van der Waals surface area contributed by atoms with Crippen LogP contribution in [0.2, 0.25) is 0 Å². The van der Waals surface area contributed by atoms with Crippen molar-refractivity contribution in [2.75, 3.05) is 5.32 Å². The second kappa shape index (κ2) is 9.04. The van der Waals surface area contributed by atoms with Gasteiger partial charge in [-0.2, -0.15) is 0 Å². The molecule has 0 amide bonds. The van der Waals surface area contributed by atoms with Crippen molar-refractivity contribution >= 4 is 51.6 Å². The predicted octanol–water partition coefficient (Wildman–Crippen LogP) is 4.56. The Morgan fingerprint density at radius 3 is 2.19 bits per heavy atom. The molecule has 2 rings (SSSR count). The quantitative estimate of drug-likeness (QED) is 0.400. The number of nitrogens with two attached hydrogens (primary N) is 1. The number of halogens is 2. The molecule has 0 saturated carbocycles. The zero-order valence-corrected chi connectivity index (χ0v) is 15.8. The largest absolute Gasteiger partial charge is 0.370 e. The van der Waals surface area contributed by atoms with Crippen molar-refractivity contribution in [3.63, 3.8) is 0 Å². The van der Waals surface area contributed by atoms with E-state index in [1.54, 1.807) is 0 Å². The molecule has 0 bridgehead atoms. The van der Waals surface area contributed by atoms with Crippen LogP contribution in [-0.2, 0) is 13.0 Å². The van der Waals surface area contributed by atoms with Crippen molar-refractivity contribution in [3.05, 3.63) is 64.1 Å². The van der Waals surface area contributed by atoms with Crippen LogP contribution in [-0.4, -0.2) is 5.96 Å². The van der Waals surface area contributed by atoms with Gasteiger partial charge >= 0.3 is 0 Å². The average molecular weight is 460 g/mol. The van der Waals surface area contributed by atoms with Crippen LogP contribution in [0.3, 0.4) is 0 Å². The highest BCUT2D eigenvalue weighted by Gasteiger charge is 1.96. The number of nitrogens with zero attached hydrogens (tertiary/aromatic N) is 1. The van der Waals surface area contributed by atoms with E-state index in [1.807, 2.05) is 36.4 Å². The van der Waals surface area contributed by atoms with E-state index in [1.165, 1.54) is 5.56 Å². The lowest BCUT2D eigenvalue weighted by Gasteiger charge is -2.06. The summed E-state index contributed by atoms with van der Waals surface area (Å²) in [5.74, 6) is 0.428. The highest BCUT2D eigenvalue weighted by Crippen LogP contribution is 2.12. The molecule has 5 heteroatoms. The fourth-order valence-corrected chi connectivity index (χ4v) is 2.04. The van der Waals surface area contributed by atoms with Crippen molar-refractivity contribution in [2.24, 2.45) is 10.7 Å². The number of hydrogen-bond donors (Lipinski definition) is 2. The third kappa shape index (κ3) is 6.05. The lowest BCUT2D eigenvalue weighted by atomic mass is 10.1. The minimum Gasteiger partial charge on any atom is -0.370 e. The van der Waals surface area contributed by atoms with E-state index in [9.17, 15) is 0 Å². The number of nitrogens with one attached hydrogen (secondary N) is 1. The molecular formula is C16H19BrIN3. The third-order valence-corrected chi connectivity index (χ3v) is 3.51. The molecule has 0 unspecified atom stereocenters. The number of benzene rings is 2. The van der Waals surface area contributed by atoms with Gasteiger partial charge in [-0.3, -0.25) is 0 Å². The number of hydrogen-bond acceptors (Lipinski definition) is 1. The standard InChI is InChI=1S/C16H18BrN3.HI/c1-2-12-5-9-15(10-6-12)20-16(18)19-11-13-3-7-14(17)8-4-13;/h3-10H,2,11H2,1H3,(H3,18,19,20);1H. The topological polar surface area (TPSA) is 50.4 Å². The minimum absolute atomic E-state index is 0. The van der Waals surface area contributed by atoms with Crippen LogP contribution in [0.4, 0.5) is 5.69 Å². The highest BCUT2D eigenvalue weighted by molar-refractivity contribution is 14.0. The fourth-order valence-electron chi connectivity index (χ4n) is 1.78. The first-order chi connectivity index (χ1) is 9.67. The van der Waals surface area contributed by atoms with Crippen LogP contribution in [0.15, 0.2) is 58.0 Å². The fraction of sp³-hybridized carbons (Fsp3) is 0.188. The highest BCUT2D eigenvalue weighted by atomic mass is 127. The van der Waals surface area contributed by atoms with Gasteiger partial charge in [-0.25, -0.2) is 4.99 Å². The smallest absolute Gasteiger partial charge is 0.193 e. The number of anilines is 1. The van der Waals surface area contributed by atoms with Gasteiger partial charge in [0.15, 0.2) is 5.96 Å². The summed E-state index contributed by atoms with van der Waals surface area (Å²) < 4.78 is 1.06. The SMILES string of the molecule is CCc1ccc(NC(N)=NCc2ccc(Br)cc2)cc1.I. The predicted molar refractivity (Wildman–Crippen MR) is 104 cm³/mol. The Bertz CT molecular complexity index is 579. The Morgan fingerprint density at radius 2 is 1.62 bits per heavy atom. The Kier molecular flexibility index (Phi) is 7.74. The van der Waals surface area contributed by atoms with Crippen LogP contribution >= 0.6 is 39.9 Å². The average Bonchev–Trinajstić information content (AvgIpc) is 2.47. The van der Waals surface area contributed by atoms with Gasteiger partial charge in [0.05, 0.1) is 6.54 Å². The molecule has 0 heterocycles. The Hall–Kier alpha value is -1.08. The van der Waals surface area contributed by atoms with Gasteiger partial charge in [0.1, 0.15) is 0 Å². The van der Waals surface area contributed by atoms with Crippen molar-refractivity contribution in [3.8, 4) is 0 Å². The summed E-state index contributed by atoms with van der Waals surface area (Å²) >= 11 is 3.41. The lowest BCUT2D eigenvalue weighted by Crippen LogP contribution is -2.22. The van der Waals surface area contributed by atoms with E-state index in [2.05, 4.69) is 45.3 Å². The van der Waals surface area contributed by atoms with Crippen molar-refractivity contribution < 1.29 is 0 Å². The maximum Gasteiger partial charge on any atom is 0.193 e. The first kappa shape index (κ1) is 18.0. The van der Waals surface area contributed by atoms with E-state index >= 15 is 0 Å². The molecule has 3 nitrogen and oxygen atoms in total. The van der Waals surface area contributed by atoms with Crippen molar-refractivity contribution in [2.45, 2.75) is 19.9 Å². The molecule has 0 aliphatic carbocycles. The van der Waals surface area contributed by atoms with Gasteiger partial charge in [-0.05, 0) is 41.8 Å². The molecule has 0 radical (unpaired) electrons. The zero-order valence-electron chi connectivity index (χ0n) is 11.8. The van der Waals surface area contributed by atoms with Crippen LogP contribution in [0, 0.1) is 0 Å². The van der Waals surface area contributed by atoms with Crippen LogP contribution in [0.1, 0.15) is 18.1 Å². The van der Waals surface area contributed by atoms with Crippen LogP contribution in [0.25, 0.3) is 0 Å². The van der Waals surface area contributed by atoms with Gasteiger partial charge < -0.3 is 11.1 Å². The summed E-state index contributed by atoms with van der Waals surface area (Å²) in [5, 5.41) is 3.09. The number of guanidine groups is 1. The first-order valence-corrected chi connectivity index (χ1v) is 7.37. The maximum atomic E-state index is 5.88. The Balaban J connectivity index is 0.00000220. The molecule has 21 heavy (non-hydrogen) atoms. The molecule has 0 fully saturated rings. The number of rotatable bonds is 4. The van der Waals surface area contributed by atoms with Crippen LogP contribution < -0.4 is 11.1 Å². The molecule has 0 aliphatic heterocycles. The molecule has 2 aromatic rings. The summed E-state index contributed by atoms with van der Waals surface area (Å²) in [6.45, 7) is 2.70. The van der Waals surface area contributed by atoms with E-state index in [-0.39, 0.29) is 24.0 Å². The summed E-state index contributed by atoms with van der Waals surface area (Å²) in [7, 11) is 0. The summed E-state index contributed by atoms with van der Waals surface area (Å²) in [6, 6.07) is 16.3. The minimum atomic E-state index is 0. The first-order valence-electron chi connectivity index (χ1n) is 6.57. The van der Waals surface area contributed by atoms with E-state index in [0.29, 0.717) is 12.5 Å². The summed E-state index contributed by atoms with van der Waals surface area (Å²) in [4.78, 5) is 4.33. The number of aliphatic imine (C=N–C) groups is 1. The second-order valence-corrected chi connectivity index (χ2v) is 5.42. The lowest BCUT2D eigenvalue weighted by molar-refractivity contribution is 1.06. The second-order valence-electron chi connectivity index (χ2n) is 4.50. The summed E-state index contributed by atoms with van der Waals surface area (Å²) in [6.07, 6.45) is 1.04. The monoisotopic (exact) mass is 459 g/mol. The molecule has 112 valence electrons. The number of aryl methyl sites for hydroxylation is 1. The summed E-state index contributed by atoms with van der Waals surface area (Å²) in [5.41, 5.74) is 9.27. The van der Waals surface area contributed by atoms with Crippen LogP contribution in [0.5, 0.6) is 0 Å². The van der Waals surface area contributed by atoms with E-state index in [0.717, 1.165) is 22.1 Å². The molecule has 0 saturated heterocycles.